The molecule has 2 atom stereocenters. The van der Waals surface area contributed by atoms with E-state index in [4.69, 9.17) is 10.5 Å². The summed E-state index contributed by atoms with van der Waals surface area (Å²) >= 11 is 0. The molecule has 0 aliphatic carbocycles. The van der Waals surface area contributed by atoms with Crippen LogP contribution in [0, 0.1) is 12.7 Å². The molecule has 0 saturated carbocycles. The Kier molecular flexibility index (Phi) is 7.58. The van der Waals surface area contributed by atoms with E-state index in [0.717, 1.165) is 36.8 Å². The van der Waals surface area contributed by atoms with Crippen molar-refractivity contribution in [2.75, 3.05) is 29.5 Å². The van der Waals surface area contributed by atoms with E-state index in [1.54, 1.807) is 28.8 Å². The van der Waals surface area contributed by atoms with Gasteiger partial charge in [-0.05, 0) is 62.2 Å². The Bertz CT molecular complexity index is 1580. The zero-order valence-corrected chi connectivity index (χ0v) is 22.6. The Balaban J connectivity index is 1.36. The van der Waals surface area contributed by atoms with Gasteiger partial charge in [-0.1, -0.05) is 12.1 Å². The molecule has 1 aliphatic heterocycles. The zero-order valence-electron chi connectivity index (χ0n) is 22.6. The predicted molar refractivity (Wildman–Crippen MR) is 147 cm³/mol. The number of ether oxygens (including phenoxy) is 1. The summed E-state index contributed by atoms with van der Waals surface area (Å²) in [5, 5.41) is 9.14. The Labute approximate surface area is 233 Å². The Morgan fingerprint density at radius 2 is 1.78 bits per heavy atom. The van der Waals surface area contributed by atoms with Gasteiger partial charge in [0.2, 0.25) is 0 Å². The van der Waals surface area contributed by atoms with Crippen molar-refractivity contribution in [3.63, 3.8) is 0 Å². The van der Waals surface area contributed by atoms with E-state index >= 15 is 0 Å². The van der Waals surface area contributed by atoms with Gasteiger partial charge in [-0.25, -0.2) is 18.7 Å². The molecule has 216 valence electrons. The first kappa shape index (κ1) is 28.3. The number of hydrogen-bond donors (Lipinski definition) is 3. The van der Waals surface area contributed by atoms with Gasteiger partial charge in [0.1, 0.15) is 17.7 Å². The summed E-state index contributed by atoms with van der Waals surface area (Å²) < 4.78 is 61.5. The van der Waals surface area contributed by atoms with Crippen LogP contribution in [0.2, 0.25) is 0 Å². The SMILES string of the molecule is Cc1c(C(F)(F)F)ccc(F)c1NC(=O)Nc1ccc(-c2cc(CN3CC(C)OC(C)C3)n3ncnc(N)c23)cc1. The summed E-state index contributed by atoms with van der Waals surface area (Å²) in [6.07, 6.45) is -3.07. The Morgan fingerprint density at radius 1 is 1.10 bits per heavy atom. The van der Waals surface area contributed by atoms with Gasteiger partial charge >= 0.3 is 12.2 Å². The maximum Gasteiger partial charge on any atom is 0.416 e. The molecule has 3 heterocycles. The van der Waals surface area contributed by atoms with Gasteiger partial charge in [-0.2, -0.15) is 18.3 Å². The minimum absolute atomic E-state index is 0.107. The molecule has 2 aromatic heterocycles. The fourth-order valence-corrected chi connectivity index (χ4v) is 5.26. The number of nitrogen functional groups attached to an aromatic ring is 1. The number of aromatic nitrogens is 3. The molecule has 2 unspecified atom stereocenters. The van der Waals surface area contributed by atoms with E-state index in [9.17, 15) is 22.4 Å². The van der Waals surface area contributed by atoms with Gasteiger partial charge in [0, 0.05) is 30.9 Å². The normalized spacial score (nSPS) is 18.0. The molecule has 0 radical (unpaired) electrons. The zero-order chi connectivity index (χ0) is 29.5. The summed E-state index contributed by atoms with van der Waals surface area (Å²) in [7, 11) is 0. The number of hydrogen-bond acceptors (Lipinski definition) is 6. The number of nitrogens with two attached hydrogens (primary N) is 1. The fraction of sp³-hybridized carbons (Fsp3) is 0.321. The molecule has 0 bridgehead atoms. The highest BCUT2D eigenvalue weighted by Crippen LogP contribution is 2.36. The molecule has 1 aliphatic rings. The van der Waals surface area contributed by atoms with Crippen LogP contribution >= 0.6 is 0 Å². The van der Waals surface area contributed by atoms with Crippen molar-refractivity contribution >= 4 is 28.7 Å². The second-order valence-electron chi connectivity index (χ2n) is 10.2. The summed E-state index contributed by atoms with van der Waals surface area (Å²) in [6.45, 7) is 7.36. The van der Waals surface area contributed by atoms with Crippen LogP contribution in [0.1, 0.15) is 30.7 Å². The first-order chi connectivity index (χ1) is 19.4. The Hall–Kier alpha value is -4.23. The predicted octanol–water partition coefficient (Wildman–Crippen LogP) is 5.70. The van der Waals surface area contributed by atoms with Crippen molar-refractivity contribution in [2.45, 2.75) is 45.7 Å². The van der Waals surface area contributed by atoms with E-state index in [2.05, 4.69) is 25.6 Å². The molecule has 2 amide bonds. The molecule has 4 N–H and O–H groups in total. The maximum absolute atomic E-state index is 14.3. The first-order valence-electron chi connectivity index (χ1n) is 12.9. The molecule has 0 spiro atoms. The molecular formula is C28H29F4N7O2. The third-order valence-corrected chi connectivity index (χ3v) is 6.95. The van der Waals surface area contributed by atoms with Crippen LogP contribution in [0.5, 0.6) is 0 Å². The molecule has 9 nitrogen and oxygen atoms in total. The maximum atomic E-state index is 14.3. The number of benzene rings is 2. The number of amides is 2. The largest absolute Gasteiger partial charge is 0.416 e. The minimum atomic E-state index is -4.68. The third-order valence-electron chi connectivity index (χ3n) is 6.95. The van der Waals surface area contributed by atoms with Gasteiger partial charge < -0.3 is 21.1 Å². The number of urea groups is 1. The summed E-state index contributed by atoms with van der Waals surface area (Å²) in [5.74, 6) is -0.664. The van der Waals surface area contributed by atoms with Gasteiger partial charge in [0.25, 0.3) is 0 Å². The topological polar surface area (TPSA) is 110 Å². The smallest absolute Gasteiger partial charge is 0.382 e. The van der Waals surface area contributed by atoms with Crippen LogP contribution in [0.3, 0.4) is 0 Å². The molecule has 4 aromatic rings. The lowest BCUT2D eigenvalue weighted by Gasteiger charge is -2.35. The third kappa shape index (κ3) is 5.95. The number of carbonyl (C=O) groups excluding carboxylic acids is 1. The number of carbonyl (C=O) groups is 1. The first-order valence-corrected chi connectivity index (χ1v) is 12.9. The molecule has 1 saturated heterocycles. The van der Waals surface area contributed by atoms with Crippen LogP contribution in [-0.4, -0.2) is 50.8 Å². The lowest BCUT2D eigenvalue weighted by atomic mass is 10.1. The quantitative estimate of drug-likeness (QED) is 0.265. The number of nitrogens with one attached hydrogen (secondary N) is 2. The van der Waals surface area contributed by atoms with Crippen LogP contribution in [-0.2, 0) is 17.5 Å². The van der Waals surface area contributed by atoms with Gasteiger partial charge in [-0.3, -0.25) is 4.90 Å². The number of nitrogens with zero attached hydrogens (tertiary/aromatic N) is 4. The van der Waals surface area contributed by atoms with Crippen LogP contribution in [0.25, 0.3) is 16.6 Å². The van der Waals surface area contributed by atoms with Crippen LogP contribution in [0.4, 0.5) is 39.5 Å². The number of alkyl halides is 3. The van der Waals surface area contributed by atoms with Crippen molar-refractivity contribution in [1.82, 2.24) is 19.5 Å². The molecule has 13 heteroatoms. The van der Waals surface area contributed by atoms with Crippen molar-refractivity contribution in [1.29, 1.82) is 0 Å². The van der Waals surface area contributed by atoms with Crippen LogP contribution < -0.4 is 16.4 Å². The monoisotopic (exact) mass is 571 g/mol. The summed E-state index contributed by atoms with van der Waals surface area (Å²) in [4.78, 5) is 19.0. The highest BCUT2D eigenvalue weighted by Gasteiger charge is 2.34. The van der Waals surface area contributed by atoms with E-state index in [0.29, 0.717) is 35.7 Å². The van der Waals surface area contributed by atoms with Crippen molar-refractivity contribution in [2.24, 2.45) is 0 Å². The second kappa shape index (κ2) is 11.0. The number of halogens is 4. The van der Waals surface area contributed by atoms with Gasteiger partial charge in [-0.15, -0.1) is 0 Å². The molecular weight excluding hydrogens is 542 g/mol. The molecule has 5 rings (SSSR count). The molecule has 2 aromatic carbocycles. The number of rotatable bonds is 5. The van der Waals surface area contributed by atoms with Crippen LogP contribution in [0.15, 0.2) is 48.8 Å². The number of morpholine rings is 1. The van der Waals surface area contributed by atoms with Crippen molar-refractivity contribution in [3.8, 4) is 11.1 Å². The van der Waals surface area contributed by atoms with Gasteiger partial charge in [0.15, 0.2) is 5.82 Å². The average Bonchev–Trinajstić information content (AvgIpc) is 3.25. The van der Waals surface area contributed by atoms with Crippen molar-refractivity contribution < 1.29 is 27.1 Å². The highest BCUT2D eigenvalue weighted by atomic mass is 19.4. The van der Waals surface area contributed by atoms with Crippen molar-refractivity contribution in [3.05, 3.63) is 71.4 Å². The Morgan fingerprint density at radius 3 is 2.44 bits per heavy atom. The van der Waals surface area contributed by atoms with Gasteiger partial charge in [0.05, 0.1) is 29.2 Å². The minimum Gasteiger partial charge on any atom is -0.382 e. The van der Waals surface area contributed by atoms with E-state index in [-0.39, 0.29) is 12.2 Å². The number of fused-ring (bicyclic) bond motifs is 1. The number of anilines is 3. The van der Waals surface area contributed by atoms with E-state index < -0.39 is 34.8 Å². The summed E-state index contributed by atoms with van der Waals surface area (Å²) in [6, 6.07) is 9.20. The fourth-order valence-electron chi connectivity index (χ4n) is 5.26. The molecule has 1 fully saturated rings. The second-order valence-corrected chi connectivity index (χ2v) is 10.2. The molecule has 41 heavy (non-hydrogen) atoms. The van der Waals surface area contributed by atoms with E-state index in [1.807, 2.05) is 19.9 Å². The standard InChI is InChI=1S/C28H29F4N7O2/c1-15-11-38(12-16(2)41-15)13-20-10-21(25-26(33)34-14-35-39(20)25)18-4-6-19(7-5-18)36-27(40)37-24-17(3)22(28(30,31)32)8-9-23(24)29/h4-10,14-16H,11-13H2,1-3H3,(H2,33,34,35)(H2,36,37,40). The summed E-state index contributed by atoms with van der Waals surface area (Å²) in [5.41, 5.74) is 7.75. The lowest BCUT2D eigenvalue weighted by molar-refractivity contribution is -0.138. The van der Waals surface area contributed by atoms with E-state index in [1.165, 1.54) is 6.33 Å². The lowest BCUT2D eigenvalue weighted by Crippen LogP contribution is -2.45. The average molecular weight is 572 g/mol. The highest BCUT2D eigenvalue weighted by molar-refractivity contribution is 6.00.